The number of sulfonamides is 1. The van der Waals surface area contributed by atoms with E-state index in [0.717, 1.165) is 24.0 Å². The van der Waals surface area contributed by atoms with E-state index in [9.17, 15) is 13.2 Å². The lowest BCUT2D eigenvalue weighted by atomic mass is 9.85. The number of methoxy groups -OCH3 is 1. The van der Waals surface area contributed by atoms with E-state index in [4.69, 9.17) is 9.47 Å². The van der Waals surface area contributed by atoms with Crippen molar-refractivity contribution in [3.05, 3.63) is 82.9 Å². The highest BCUT2D eigenvalue weighted by Crippen LogP contribution is 2.42. The SMILES string of the molecule is COc1cc(S(=O)(=O)N2c3cc(OC4CCc5ccccc54)ccc3CC(C(C)=O)C2C)ccc1C. The second-order valence-corrected chi connectivity index (χ2v) is 11.5. The van der Waals surface area contributed by atoms with Crippen LogP contribution in [0.1, 0.15) is 48.6 Å². The summed E-state index contributed by atoms with van der Waals surface area (Å²) in [5.74, 6) is 0.650. The van der Waals surface area contributed by atoms with Crippen molar-refractivity contribution in [3.8, 4) is 11.5 Å². The normalized spacial score (nSPS) is 21.0. The van der Waals surface area contributed by atoms with E-state index in [-0.39, 0.29) is 16.8 Å². The Balaban J connectivity index is 1.57. The van der Waals surface area contributed by atoms with Gasteiger partial charge in [0.25, 0.3) is 10.0 Å². The molecular formula is C29H31NO5S. The number of rotatable bonds is 6. The molecule has 3 unspecified atom stereocenters. The van der Waals surface area contributed by atoms with Gasteiger partial charge in [-0.2, -0.15) is 0 Å². The van der Waals surface area contributed by atoms with Gasteiger partial charge in [-0.05, 0) is 74.4 Å². The van der Waals surface area contributed by atoms with Gasteiger partial charge >= 0.3 is 0 Å². The van der Waals surface area contributed by atoms with Gasteiger partial charge in [-0.1, -0.05) is 36.4 Å². The predicted octanol–water partition coefficient (Wildman–Crippen LogP) is 5.42. The van der Waals surface area contributed by atoms with E-state index in [1.54, 1.807) is 25.1 Å². The van der Waals surface area contributed by atoms with Crippen LogP contribution in [0.25, 0.3) is 0 Å². The number of fused-ring (bicyclic) bond motifs is 2. The number of aryl methyl sites for hydroxylation is 2. The number of ether oxygens (including phenoxy) is 2. The molecule has 0 saturated heterocycles. The first-order valence-corrected chi connectivity index (χ1v) is 13.7. The van der Waals surface area contributed by atoms with E-state index in [2.05, 4.69) is 12.1 Å². The van der Waals surface area contributed by atoms with Crippen LogP contribution in [0, 0.1) is 12.8 Å². The second-order valence-electron chi connectivity index (χ2n) is 9.73. The Bertz CT molecular complexity index is 1430. The van der Waals surface area contributed by atoms with Crippen molar-refractivity contribution >= 4 is 21.5 Å². The Morgan fingerprint density at radius 2 is 1.81 bits per heavy atom. The summed E-state index contributed by atoms with van der Waals surface area (Å²) in [6.07, 6.45) is 2.25. The zero-order valence-electron chi connectivity index (χ0n) is 21.0. The highest BCUT2D eigenvalue weighted by Gasteiger charge is 2.41. The monoisotopic (exact) mass is 505 g/mol. The van der Waals surface area contributed by atoms with Gasteiger partial charge in [0.15, 0.2) is 0 Å². The van der Waals surface area contributed by atoms with Gasteiger partial charge in [0.1, 0.15) is 23.4 Å². The van der Waals surface area contributed by atoms with Crippen molar-refractivity contribution in [2.45, 2.75) is 57.1 Å². The van der Waals surface area contributed by atoms with Crippen LogP contribution in [0.3, 0.4) is 0 Å². The van der Waals surface area contributed by atoms with Crippen LogP contribution >= 0.6 is 0 Å². The summed E-state index contributed by atoms with van der Waals surface area (Å²) in [7, 11) is -2.47. The summed E-state index contributed by atoms with van der Waals surface area (Å²) in [5, 5.41) is 0. The van der Waals surface area contributed by atoms with E-state index < -0.39 is 22.0 Å². The first kappa shape index (κ1) is 24.4. The lowest BCUT2D eigenvalue weighted by Crippen LogP contribution is -2.49. The summed E-state index contributed by atoms with van der Waals surface area (Å²) >= 11 is 0. The van der Waals surface area contributed by atoms with Gasteiger partial charge in [-0.25, -0.2) is 8.42 Å². The summed E-state index contributed by atoms with van der Waals surface area (Å²) in [6.45, 7) is 5.20. The molecule has 0 fully saturated rings. The number of Topliss-reactive ketones (excluding diaryl/α,β-unsaturated/α-hetero) is 1. The fourth-order valence-corrected chi connectivity index (χ4v) is 7.23. The third-order valence-electron chi connectivity index (χ3n) is 7.50. The molecule has 188 valence electrons. The number of hydrogen-bond donors (Lipinski definition) is 0. The number of nitrogens with zero attached hydrogens (tertiary/aromatic N) is 1. The van der Waals surface area contributed by atoms with Crippen molar-refractivity contribution in [2.75, 3.05) is 11.4 Å². The van der Waals surface area contributed by atoms with E-state index in [1.807, 2.05) is 37.3 Å². The van der Waals surface area contributed by atoms with Crippen molar-refractivity contribution in [3.63, 3.8) is 0 Å². The molecule has 0 bridgehead atoms. The molecule has 3 aromatic carbocycles. The first-order chi connectivity index (χ1) is 17.2. The number of carbonyl (C=O) groups excluding carboxylic acids is 1. The smallest absolute Gasteiger partial charge is 0.264 e. The number of carbonyl (C=O) groups is 1. The molecule has 3 atom stereocenters. The molecule has 7 heteroatoms. The largest absolute Gasteiger partial charge is 0.496 e. The Morgan fingerprint density at radius 3 is 2.56 bits per heavy atom. The minimum absolute atomic E-state index is 0.0299. The van der Waals surface area contributed by atoms with Crippen molar-refractivity contribution in [1.82, 2.24) is 0 Å². The van der Waals surface area contributed by atoms with Crippen molar-refractivity contribution in [1.29, 1.82) is 0 Å². The molecule has 0 spiro atoms. The summed E-state index contributed by atoms with van der Waals surface area (Å²) in [4.78, 5) is 12.6. The third-order valence-corrected chi connectivity index (χ3v) is 9.40. The van der Waals surface area contributed by atoms with Crippen LogP contribution in [0.15, 0.2) is 65.6 Å². The average Bonchev–Trinajstić information content (AvgIpc) is 3.26. The highest BCUT2D eigenvalue weighted by atomic mass is 32.2. The zero-order chi connectivity index (χ0) is 25.6. The molecule has 0 radical (unpaired) electrons. The third kappa shape index (κ3) is 4.15. The minimum Gasteiger partial charge on any atom is -0.496 e. The Kier molecular flexibility index (Phi) is 6.29. The highest BCUT2D eigenvalue weighted by molar-refractivity contribution is 7.92. The Morgan fingerprint density at radius 1 is 1.03 bits per heavy atom. The summed E-state index contributed by atoms with van der Waals surface area (Å²) in [5.41, 5.74) is 4.68. The van der Waals surface area contributed by atoms with Gasteiger partial charge < -0.3 is 9.47 Å². The molecule has 0 N–H and O–H groups in total. The number of anilines is 1. The maximum Gasteiger partial charge on any atom is 0.264 e. The summed E-state index contributed by atoms with van der Waals surface area (Å²) in [6, 6.07) is 18.2. The van der Waals surface area contributed by atoms with E-state index in [0.29, 0.717) is 23.6 Å². The fourth-order valence-electron chi connectivity index (χ4n) is 5.50. The van der Waals surface area contributed by atoms with Gasteiger partial charge in [0.05, 0.1) is 23.7 Å². The molecule has 0 amide bonds. The van der Waals surface area contributed by atoms with Gasteiger partial charge in [0.2, 0.25) is 0 Å². The predicted molar refractivity (Wildman–Crippen MR) is 139 cm³/mol. The van der Waals surface area contributed by atoms with Crippen molar-refractivity contribution < 1.29 is 22.7 Å². The van der Waals surface area contributed by atoms with Crippen LogP contribution < -0.4 is 13.8 Å². The second kappa shape index (κ2) is 9.28. The molecule has 1 aliphatic carbocycles. The molecule has 5 rings (SSSR count). The molecule has 2 aliphatic rings. The van der Waals surface area contributed by atoms with Crippen LogP contribution in [0.4, 0.5) is 5.69 Å². The zero-order valence-corrected chi connectivity index (χ0v) is 21.8. The molecule has 3 aromatic rings. The standard InChI is InChI=1S/C29H31NO5S/c1-18-9-13-24(17-29(18)34-4)36(32,33)30-19(2)26(20(3)31)15-22-10-12-23(16-27(22)30)35-28-14-11-21-7-5-6-8-25(21)28/h5-10,12-13,16-17,19,26,28H,11,14-15H2,1-4H3. The molecular weight excluding hydrogens is 474 g/mol. The van der Waals surface area contributed by atoms with Crippen molar-refractivity contribution in [2.24, 2.45) is 5.92 Å². The van der Waals surface area contributed by atoms with Crippen LogP contribution in [-0.2, 0) is 27.7 Å². The number of hydrogen-bond acceptors (Lipinski definition) is 5. The first-order valence-electron chi connectivity index (χ1n) is 12.3. The van der Waals surface area contributed by atoms with Gasteiger partial charge in [-0.15, -0.1) is 0 Å². The number of benzene rings is 3. The average molecular weight is 506 g/mol. The maximum absolute atomic E-state index is 14.0. The molecule has 0 aromatic heterocycles. The van der Waals surface area contributed by atoms with Crippen LogP contribution in [-0.4, -0.2) is 27.4 Å². The van der Waals surface area contributed by atoms with E-state index >= 15 is 0 Å². The molecule has 1 heterocycles. The molecule has 1 aliphatic heterocycles. The molecule has 6 nitrogen and oxygen atoms in total. The van der Waals surface area contributed by atoms with Gasteiger partial charge in [-0.3, -0.25) is 9.10 Å². The molecule has 36 heavy (non-hydrogen) atoms. The quantitative estimate of drug-likeness (QED) is 0.448. The lowest BCUT2D eigenvalue weighted by molar-refractivity contribution is -0.121. The molecule has 0 saturated carbocycles. The van der Waals surface area contributed by atoms with Crippen LogP contribution in [0.5, 0.6) is 11.5 Å². The Labute approximate surface area is 212 Å². The maximum atomic E-state index is 14.0. The minimum atomic E-state index is -3.99. The summed E-state index contributed by atoms with van der Waals surface area (Å²) < 4.78 is 41.3. The van der Waals surface area contributed by atoms with Crippen LogP contribution in [0.2, 0.25) is 0 Å². The Hall–Kier alpha value is -3.32. The number of ketones is 1. The topological polar surface area (TPSA) is 72.9 Å². The van der Waals surface area contributed by atoms with Gasteiger partial charge in [0, 0.05) is 18.1 Å². The lowest BCUT2D eigenvalue weighted by Gasteiger charge is -2.40. The van der Waals surface area contributed by atoms with E-state index in [1.165, 1.54) is 29.5 Å². The fraction of sp³-hybridized carbons (Fsp3) is 0.345.